The predicted molar refractivity (Wildman–Crippen MR) is 71.5 cm³/mol. The molecule has 0 aliphatic carbocycles. The van der Waals surface area contributed by atoms with E-state index in [4.69, 9.17) is 0 Å². The van der Waals surface area contributed by atoms with Gasteiger partial charge in [0.1, 0.15) is 6.04 Å². The molecule has 1 aromatic carbocycles. The minimum Gasteiger partial charge on any atom is -0.288 e. The number of anilines is 1. The van der Waals surface area contributed by atoms with Crippen molar-refractivity contribution in [2.24, 2.45) is 0 Å². The minimum absolute atomic E-state index is 0.104. The number of carbonyl (C=O) groups excluding carboxylic acids is 3. The number of nitrogens with one attached hydrogen (secondary N) is 1. The smallest absolute Gasteiger partial charge is 0.253 e. The van der Waals surface area contributed by atoms with E-state index in [0.717, 1.165) is 5.56 Å². The normalized spacial score (nSPS) is 23.6. The van der Waals surface area contributed by atoms with Crippen LogP contribution in [0.25, 0.3) is 0 Å². The van der Waals surface area contributed by atoms with Crippen molar-refractivity contribution in [1.29, 1.82) is 0 Å². The van der Waals surface area contributed by atoms with Gasteiger partial charge >= 0.3 is 0 Å². The average Bonchev–Trinajstić information content (AvgIpc) is 2.95. The van der Waals surface area contributed by atoms with E-state index in [9.17, 15) is 14.4 Å². The largest absolute Gasteiger partial charge is 0.288 e. The summed E-state index contributed by atoms with van der Waals surface area (Å²) in [5.41, 5.74) is 4.27. The first-order valence-electron chi connectivity index (χ1n) is 6.56. The van der Waals surface area contributed by atoms with E-state index >= 15 is 0 Å². The van der Waals surface area contributed by atoms with Gasteiger partial charge in [-0.3, -0.25) is 19.8 Å². The third-order valence-corrected chi connectivity index (χ3v) is 3.64. The highest BCUT2D eigenvalue weighted by Gasteiger charge is 2.44. The van der Waals surface area contributed by atoms with Gasteiger partial charge in [0.2, 0.25) is 11.8 Å². The molecule has 0 spiro atoms. The van der Waals surface area contributed by atoms with Crippen LogP contribution in [-0.2, 0) is 14.4 Å². The first-order chi connectivity index (χ1) is 9.56. The second-order valence-corrected chi connectivity index (χ2v) is 5.10. The van der Waals surface area contributed by atoms with Crippen LogP contribution in [0.15, 0.2) is 24.3 Å². The molecule has 1 N–H and O–H groups in total. The molecular formula is C14H15N3O3. The molecule has 2 saturated heterocycles. The van der Waals surface area contributed by atoms with Crippen LogP contribution in [0, 0.1) is 6.92 Å². The van der Waals surface area contributed by atoms with Crippen LogP contribution >= 0.6 is 0 Å². The molecule has 0 bridgehead atoms. The van der Waals surface area contributed by atoms with Crippen molar-refractivity contribution >= 4 is 23.4 Å². The lowest BCUT2D eigenvalue weighted by Gasteiger charge is -2.21. The van der Waals surface area contributed by atoms with E-state index in [1.165, 1.54) is 4.90 Å². The molecule has 3 rings (SSSR count). The lowest BCUT2D eigenvalue weighted by Crippen LogP contribution is -2.46. The molecule has 20 heavy (non-hydrogen) atoms. The van der Waals surface area contributed by atoms with Crippen molar-refractivity contribution in [2.45, 2.75) is 25.8 Å². The first kappa shape index (κ1) is 12.8. The Morgan fingerprint density at radius 3 is 2.45 bits per heavy atom. The number of amides is 3. The Bertz CT molecular complexity index is 582. The summed E-state index contributed by atoms with van der Waals surface area (Å²) < 4.78 is 0. The second kappa shape index (κ2) is 4.72. The van der Waals surface area contributed by atoms with E-state index in [1.54, 1.807) is 17.1 Å². The van der Waals surface area contributed by atoms with Gasteiger partial charge in [-0.15, -0.1) is 0 Å². The molecule has 1 atom stereocenters. The number of hydrazine groups is 1. The van der Waals surface area contributed by atoms with Gasteiger partial charge in [0.25, 0.3) is 5.91 Å². The van der Waals surface area contributed by atoms with Crippen LogP contribution in [0.5, 0.6) is 0 Å². The second-order valence-electron chi connectivity index (χ2n) is 5.10. The van der Waals surface area contributed by atoms with Gasteiger partial charge in [0.05, 0.1) is 12.1 Å². The number of hydrogen-bond donors (Lipinski definition) is 1. The van der Waals surface area contributed by atoms with Crippen LogP contribution in [0.1, 0.15) is 18.4 Å². The third-order valence-electron chi connectivity index (χ3n) is 3.64. The molecule has 104 valence electrons. The molecule has 6 heteroatoms. The summed E-state index contributed by atoms with van der Waals surface area (Å²) >= 11 is 0. The molecule has 2 aliphatic rings. The summed E-state index contributed by atoms with van der Waals surface area (Å²) in [6.07, 6.45) is 0.468. The molecule has 0 aromatic heterocycles. The number of benzene rings is 1. The van der Waals surface area contributed by atoms with Gasteiger partial charge in [-0.1, -0.05) is 17.7 Å². The topological polar surface area (TPSA) is 69.7 Å². The fourth-order valence-electron chi connectivity index (χ4n) is 2.55. The van der Waals surface area contributed by atoms with Gasteiger partial charge in [-0.2, -0.15) is 0 Å². The summed E-state index contributed by atoms with van der Waals surface area (Å²) in [4.78, 5) is 36.9. The van der Waals surface area contributed by atoms with Crippen LogP contribution in [-0.4, -0.2) is 35.3 Å². The Morgan fingerprint density at radius 2 is 1.85 bits per heavy atom. The van der Waals surface area contributed by atoms with Gasteiger partial charge in [0.15, 0.2) is 0 Å². The summed E-state index contributed by atoms with van der Waals surface area (Å²) in [5.74, 6) is -0.620. The SMILES string of the molecule is Cc1ccc(N2C(=O)C[C@@H](N3CCC(=O)N3)C2=O)cc1. The first-order valence-corrected chi connectivity index (χ1v) is 6.56. The number of hydrogen-bond acceptors (Lipinski definition) is 4. The van der Waals surface area contributed by atoms with Gasteiger partial charge in [-0.25, -0.2) is 9.91 Å². The maximum atomic E-state index is 12.4. The van der Waals surface area contributed by atoms with Crippen molar-refractivity contribution in [1.82, 2.24) is 10.4 Å². The highest BCUT2D eigenvalue weighted by atomic mass is 16.2. The Hall–Kier alpha value is -2.21. The monoisotopic (exact) mass is 273 g/mol. The zero-order valence-corrected chi connectivity index (χ0v) is 11.1. The van der Waals surface area contributed by atoms with Crippen molar-refractivity contribution in [3.05, 3.63) is 29.8 Å². The summed E-state index contributed by atoms with van der Waals surface area (Å²) in [7, 11) is 0. The zero-order valence-electron chi connectivity index (χ0n) is 11.1. The predicted octanol–water partition coefficient (Wildman–Crippen LogP) is 0.364. The fraction of sp³-hybridized carbons (Fsp3) is 0.357. The number of imide groups is 1. The average molecular weight is 273 g/mol. The molecule has 2 fully saturated rings. The highest BCUT2D eigenvalue weighted by molar-refractivity contribution is 6.22. The Labute approximate surface area is 116 Å². The van der Waals surface area contributed by atoms with E-state index in [2.05, 4.69) is 5.43 Å². The molecule has 1 aromatic rings. The zero-order chi connectivity index (χ0) is 14.3. The molecule has 2 heterocycles. The molecule has 0 unspecified atom stereocenters. The van der Waals surface area contributed by atoms with Crippen LogP contribution in [0.3, 0.4) is 0 Å². The minimum atomic E-state index is -0.588. The lowest BCUT2D eigenvalue weighted by atomic mass is 10.2. The number of carbonyl (C=O) groups is 3. The highest BCUT2D eigenvalue weighted by Crippen LogP contribution is 2.26. The molecular weight excluding hydrogens is 258 g/mol. The van der Waals surface area contributed by atoms with Crippen molar-refractivity contribution < 1.29 is 14.4 Å². The van der Waals surface area contributed by atoms with E-state index in [1.807, 2.05) is 19.1 Å². The van der Waals surface area contributed by atoms with E-state index in [-0.39, 0.29) is 24.1 Å². The maximum Gasteiger partial charge on any atom is 0.253 e. The van der Waals surface area contributed by atoms with Gasteiger partial charge in [0, 0.05) is 13.0 Å². The van der Waals surface area contributed by atoms with Crippen LogP contribution < -0.4 is 10.3 Å². The lowest BCUT2D eigenvalue weighted by molar-refractivity contribution is -0.125. The van der Waals surface area contributed by atoms with E-state index in [0.29, 0.717) is 18.7 Å². The molecule has 0 radical (unpaired) electrons. The van der Waals surface area contributed by atoms with Gasteiger partial charge < -0.3 is 0 Å². The number of rotatable bonds is 2. The van der Waals surface area contributed by atoms with Crippen molar-refractivity contribution in [3.63, 3.8) is 0 Å². The summed E-state index contributed by atoms with van der Waals surface area (Å²) in [6.45, 7) is 2.41. The van der Waals surface area contributed by atoms with Crippen LogP contribution in [0.2, 0.25) is 0 Å². The summed E-state index contributed by atoms with van der Waals surface area (Å²) in [5, 5.41) is 1.57. The van der Waals surface area contributed by atoms with Crippen LogP contribution in [0.4, 0.5) is 5.69 Å². The maximum absolute atomic E-state index is 12.4. The summed E-state index contributed by atoms with van der Waals surface area (Å²) in [6, 6.07) is 6.66. The standard InChI is InChI=1S/C14H15N3O3/c1-9-2-4-10(5-3-9)17-13(19)8-11(14(17)20)16-7-6-12(18)15-16/h2-5,11H,6-8H2,1H3,(H,15,18)/t11-/m1/s1. The van der Waals surface area contributed by atoms with Crippen molar-refractivity contribution in [3.8, 4) is 0 Å². The Kier molecular flexibility index (Phi) is 3.02. The number of nitrogens with zero attached hydrogens (tertiary/aromatic N) is 2. The Morgan fingerprint density at radius 1 is 1.15 bits per heavy atom. The molecule has 6 nitrogen and oxygen atoms in total. The van der Waals surface area contributed by atoms with E-state index < -0.39 is 6.04 Å². The van der Waals surface area contributed by atoms with Crippen molar-refractivity contribution in [2.75, 3.05) is 11.4 Å². The third kappa shape index (κ3) is 2.08. The number of aryl methyl sites for hydroxylation is 1. The molecule has 2 aliphatic heterocycles. The fourth-order valence-corrected chi connectivity index (χ4v) is 2.55. The Balaban J connectivity index is 1.83. The molecule has 0 saturated carbocycles. The van der Waals surface area contributed by atoms with Gasteiger partial charge in [-0.05, 0) is 19.1 Å². The molecule has 3 amide bonds. The quantitative estimate of drug-likeness (QED) is 0.790.